The number of hydrogen-bond donors (Lipinski definition) is 17. The van der Waals surface area contributed by atoms with Crippen LogP contribution in [0.5, 0.6) is 0 Å². The summed E-state index contributed by atoms with van der Waals surface area (Å²) in [7, 11) is -52.2. The molecule has 0 aromatic rings. The van der Waals surface area contributed by atoms with Gasteiger partial charge in [-0.3, -0.25) is 46.3 Å². The van der Waals surface area contributed by atoms with Gasteiger partial charge in [-0.25, -0.2) is 0 Å². The molecule has 0 radical (unpaired) electrons. The molecular weight excluding hydrogens is 760 g/mol. The van der Waals surface area contributed by atoms with Crippen LogP contribution < -0.4 is 0 Å². The number of nitrogens with zero attached hydrogens (tertiary/aromatic N) is 2. The van der Waals surface area contributed by atoms with E-state index < -0.39 is 112 Å². The van der Waals surface area contributed by atoms with Crippen LogP contribution >= 0.6 is 60.8 Å². The first kappa shape index (κ1) is 43.1. The van der Waals surface area contributed by atoms with E-state index in [1.807, 2.05) is 0 Å². The highest BCUT2D eigenvalue weighted by atomic mass is 31.3. The smallest absolute Gasteiger partial charge is 0.355 e. The SMILES string of the molecule is O=P(O)(O)C(N(CC(O)CN(C(P(=O)(O)O)P(=O)(O)O)C(P(=O)(O)O)P(=O)(O)O)C(P(=O)(O)O)P(=O)(O)O)P(=O)(O)O. The maximum Gasteiger partial charge on any atom is 0.355 e. The molecule has 0 aliphatic heterocycles. The second-order valence-corrected chi connectivity index (χ2v) is 23.1. The molecular formula is C7H26N2O25P8. The van der Waals surface area contributed by atoms with Crippen molar-refractivity contribution in [3.05, 3.63) is 0 Å². The van der Waals surface area contributed by atoms with Crippen molar-refractivity contribution in [2.24, 2.45) is 0 Å². The van der Waals surface area contributed by atoms with Crippen LogP contribution in [0.4, 0.5) is 0 Å². The average molecular weight is 786 g/mol. The zero-order valence-corrected chi connectivity index (χ0v) is 26.8. The molecule has 0 aromatic carbocycles. The van der Waals surface area contributed by atoms with Crippen molar-refractivity contribution in [3.63, 3.8) is 0 Å². The van der Waals surface area contributed by atoms with E-state index in [0.717, 1.165) is 0 Å². The van der Waals surface area contributed by atoms with Gasteiger partial charge < -0.3 is 83.4 Å². The van der Waals surface area contributed by atoms with Crippen LogP contribution in [0.3, 0.4) is 0 Å². The minimum absolute atomic E-state index is 1.08. The fourth-order valence-electron chi connectivity index (χ4n) is 3.49. The lowest BCUT2D eigenvalue weighted by atomic mass is 10.3. The van der Waals surface area contributed by atoms with Crippen LogP contribution in [-0.2, 0) is 36.5 Å². The van der Waals surface area contributed by atoms with E-state index >= 15 is 0 Å². The molecule has 0 saturated heterocycles. The molecule has 0 spiro atoms. The molecule has 35 heteroatoms. The predicted octanol–water partition coefficient (Wildman–Crippen LogP) is -4.49. The summed E-state index contributed by atoms with van der Waals surface area (Å²) in [5, 5.41) is 10.4. The van der Waals surface area contributed by atoms with Gasteiger partial charge in [-0.1, -0.05) is 0 Å². The van der Waals surface area contributed by atoms with E-state index in [1.54, 1.807) is 0 Å². The third-order valence-corrected chi connectivity index (χ3v) is 18.8. The lowest BCUT2D eigenvalue weighted by molar-refractivity contribution is 0.0647. The Labute approximate surface area is 232 Å². The summed E-state index contributed by atoms with van der Waals surface area (Å²) in [6, 6.07) is 0. The van der Waals surface area contributed by atoms with E-state index in [1.165, 1.54) is 0 Å². The quantitative estimate of drug-likeness (QED) is 0.0656. The number of hydrogen-bond acceptors (Lipinski definition) is 11. The average Bonchev–Trinajstić information content (AvgIpc) is 2.49. The normalized spacial score (nSPS) is 15.8. The van der Waals surface area contributed by atoms with Gasteiger partial charge in [0.25, 0.3) is 0 Å². The molecule has 42 heavy (non-hydrogen) atoms. The van der Waals surface area contributed by atoms with Gasteiger partial charge in [0.05, 0.1) is 6.10 Å². The Kier molecular flexibility index (Phi) is 14.0. The Morgan fingerprint density at radius 2 is 0.452 bits per heavy atom. The first-order chi connectivity index (χ1) is 17.9. The standard InChI is InChI=1S/C7H26N2O25P8/c10-3(1-8(4(35(11,12)13)36(14,15)16)5(37(17,18)19)38(20,21)22)2-9(6(39(23,24)25)40(26,27)28)7(41(29,30)31)42(32,33)34/h3-7,10H,1-2H2,(H2,11,12,13)(H2,14,15,16)(H2,17,18,19)(H2,20,21,22)(H2,23,24,25)(H2,26,27,28)(H2,29,30,31)(H2,32,33,34). The minimum Gasteiger partial charge on any atom is -0.390 e. The van der Waals surface area contributed by atoms with Crippen molar-refractivity contribution in [1.82, 2.24) is 9.80 Å². The van der Waals surface area contributed by atoms with Crippen LogP contribution in [-0.4, -0.2) is 134 Å². The Bertz CT molecular complexity index is 1060. The zero-order valence-electron chi connectivity index (χ0n) is 19.6. The maximum atomic E-state index is 11.9. The molecule has 0 unspecified atom stereocenters. The lowest BCUT2D eigenvalue weighted by Crippen LogP contribution is -2.52. The predicted molar refractivity (Wildman–Crippen MR) is 131 cm³/mol. The van der Waals surface area contributed by atoms with Crippen LogP contribution in [0, 0.1) is 0 Å². The maximum absolute atomic E-state index is 11.9. The van der Waals surface area contributed by atoms with Gasteiger partial charge in [-0.2, -0.15) is 0 Å². The fraction of sp³-hybridized carbons (Fsp3) is 1.00. The van der Waals surface area contributed by atoms with Crippen LogP contribution in [0.25, 0.3) is 0 Å². The molecule has 17 N–H and O–H groups in total. The van der Waals surface area contributed by atoms with Crippen molar-refractivity contribution in [3.8, 4) is 0 Å². The molecule has 0 saturated carbocycles. The summed E-state index contributed by atoms with van der Waals surface area (Å²) in [5.74, 6) is 0. The molecule has 0 heterocycles. The summed E-state index contributed by atoms with van der Waals surface area (Å²) in [5.41, 5.74) is -15.9. The Morgan fingerprint density at radius 1 is 0.333 bits per heavy atom. The summed E-state index contributed by atoms with van der Waals surface area (Å²) >= 11 is 0. The van der Waals surface area contributed by atoms with Gasteiger partial charge in [0.15, 0.2) is 0 Å². The van der Waals surface area contributed by atoms with E-state index in [-0.39, 0.29) is 0 Å². The second-order valence-electron chi connectivity index (χ2n) is 8.15. The molecule has 254 valence electrons. The van der Waals surface area contributed by atoms with Gasteiger partial charge in [0.1, 0.15) is 0 Å². The van der Waals surface area contributed by atoms with E-state index in [2.05, 4.69) is 0 Å². The molecule has 27 nitrogen and oxygen atoms in total. The van der Waals surface area contributed by atoms with Crippen LogP contribution in [0.1, 0.15) is 0 Å². The highest BCUT2D eigenvalue weighted by Gasteiger charge is 2.61. The number of aliphatic hydroxyl groups is 1. The minimum atomic E-state index is -6.53. The monoisotopic (exact) mass is 786 g/mol. The third kappa shape index (κ3) is 12.4. The molecule has 0 amide bonds. The van der Waals surface area contributed by atoms with Crippen molar-refractivity contribution < 1.29 is 120 Å². The van der Waals surface area contributed by atoms with Crippen molar-refractivity contribution in [1.29, 1.82) is 0 Å². The van der Waals surface area contributed by atoms with Crippen LogP contribution in [0.2, 0.25) is 0 Å². The van der Waals surface area contributed by atoms with Crippen molar-refractivity contribution >= 4 is 60.8 Å². The summed E-state index contributed by atoms with van der Waals surface area (Å²) < 4.78 is 95.0. The first-order valence-electron chi connectivity index (χ1n) is 9.47. The fourth-order valence-corrected chi connectivity index (χ4v) is 15.5. The molecule has 0 aliphatic carbocycles. The highest BCUT2D eigenvalue weighted by molar-refractivity contribution is 7.73. The van der Waals surface area contributed by atoms with Crippen molar-refractivity contribution in [2.75, 3.05) is 13.1 Å². The third-order valence-electron chi connectivity index (χ3n) is 4.44. The Morgan fingerprint density at radius 3 is 0.548 bits per heavy atom. The van der Waals surface area contributed by atoms with E-state index in [0.29, 0.717) is 0 Å². The molecule has 0 aromatic heterocycles. The molecule has 0 fully saturated rings. The number of aliphatic hydroxyl groups excluding tert-OH is 1. The van der Waals surface area contributed by atoms with E-state index in [4.69, 9.17) is 0 Å². The van der Waals surface area contributed by atoms with Gasteiger partial charge >= 0.3 is 60.8 Å². The first-order valence-corrected chi connectivity index (χ1v) is 22.9. The van der Waals surface area contributed by atoms with Crippen molar-refractivity contribution in [2.45, 2.75) is 28.2 Å². The van der Waals surface area contributed by atoms with Gasteiger partial charge in [-0.05, 0) is 0 Å². The summed E-state index contributed by atoms with van der Waals surface area (Å²) in [6.07, 6.45) is -3.23. The molecule has 0 aliphatic rings. The van der Waals surface area contributed by atoms with Gasteiger partial charge in [-0.15, -0.1) is 0 Å². The largest absolute Gasteiger partial charge is 0.390 e. The van der Waals surface area contributed by atoms with Crippen LogP contribution in [0.15, 0.2) is 0 Å². The molecule has 0 bridgehead atoms. The van der Waals surface area contributed by atoms with Gasteiger partial charge in [0, 0.05) is 13.1 Å². The van der Waals surface area contributed by atoms with Gasteiger partial charge in [0.2, 0.25) is 22.1 Å². The molecule has 0 rings (SSSR count). The summed E-state index contributed by atoms with van der Waals surface area (Å²) in [4.78, 5) is 149. The number of rotatable bonds is 16. The van der Waals surface area contributed by atoms with E-state index in [9.17, 15) is 120 Å². The zero-order chi connectivity index (χ0) is 34.5. The summed E-state index contributed by atoms with van der Waals surface area (Å²) in [6.45, 7) is -4.63. The second kappa shape index (κ2) is 13.7. The lowest BCUT2D eigenvalue weighted by Gasteiger charge is -2.41. The highest BCUT2D eigenvalue weighted by Crippen LogP contribution is 2.70. The topological polar surface area (TPSA) is 487 Å². The molecule has 0 atom stereocenters. The Balaban J connectivity index is 7.60. The Hall–Kier alpha value is 1.08.